The first-order valence-corrected chi connectivity index (χ1v) is 7.04. The number of ether oxygens (including phenoxy) is 1. The highest BCUT2D eigenvalue weighted by atomic mass is 16.5. The van der Waals surface area contributed by atoms with Gasteiger partial charge in [-0.2, -0.15) is 0 Å². The topological polar surface area (TPSA) is 38.3 Å². The third-order valence-corrected chi connectivity index (χ3v) is 3.87. The summed E-state index contributed by atoms with van der Waals surface area (Å²) in [5, 5.41) is 2.97. The lowest BCUT2D eigenvalue weighted by Crippen LogP contribution is -2.35. The highest BCUT2D eigenvalue weighted by Crippen LogP contribution is 2.16. The molecule has 0 radical (unpaired) electrons. The molecule has 0 aromatic heterocycles. The molecule has 2 rings (SSSR count). The lowest BCUT2D eigenvalue weighted by atomic mass is 9.99. The molecule has 1 unspecified atom stereocenters. The van der Waals surface area contributed by atoms with Gasteiger partial charge in [0.2, 0.25) is 5.91 Å². The van der Waals surface area contributed by atoms with Gasteiger partial charge < -0.3 is 10.1 Å². The fraction of sp³-hybridized carbons (Fsp3) is 0.562. The molecule has 3 nitrogen and oxygen atoms in total. The second-order valence-corrected chi connectivity index (χ2v) is 5.41. The van der Waals surface area contributed by atoms with Crippen LogP contribution < -0.4 is 5.32 Å². The van der Waals surface area contributed by atoms with Crippen molar-refractivity contribution in [1.29, 1.82) is 0 Å². The summed E-state index contributed by atoms with van der Waals surface area (Å²) in [7, 11) is 0. The summed E-state index contributed by atoms with van der Waals surface area (Å²) in [5.41, 5.74) is 5.25. The predicted octanol–water partition coefficient (Wildman–Crippen LogP) is 2.45. The second-order valence-electron chi connectivity index (χ2n) is 5.41. The molecule has 0 spiro atoms. The number of hydrogen-bond donors (Lipinski definition) is 1. The van der Waals surface area contributed by atoms with Gasteiger partial charge >= 0.3 is 0 Å². The van der Waals surface area contributed by atoms with E-state index in [1.54, 1.807) is 0 Å². The van der Waals surface area contributed by atoms with Gasteiger partial charge in [-0.05, 0) is 62.3 Å². The van der Waals surface area contributed by atoms with Crippen molar-refractivity contribution in [2.45, 2.75) is 46.1 Å². The Bertz CT molecular complexity index is 462. The number of carbonyl (C=O) groups excluding carboxylic acids is 1. The molecule has 0 bridgehead atoms. The van der Waals surface area contributed by atoms with Gasteiger partial charge in [-0.1, -0.05) is 12.1 Å². The summed E-state index contributed by atoms with van der Waals surface area (Å²) >= 11 is 0. The van der Waals surface area contributed by atoms with Crippen LogP contribution in [-0.4, -0.2) is 25.2 Å². The minimum absolute atomic E-state index is 0.0407. The van der Waals surface area contributed by atoms with Crippen LogP contribution >= 0.6 is 0 Å². The van der Waals surface area contributed by atoms with Crippen LogP contribution in [0, 0.1) is 20.8 Å². The van der Waals surface area contributed by atoms with Crippen LogP contribution in [0.15, 0.2) is 12.1 Å². The zero-order valence-electron chi connectivity index (χ0n) is 12.1. The molecule has 0 aliphatic carbocycles. The Morgan fingerprint density at radius 2 is 2.00 bits per heavy atom. The molecular weight excluding hydrogens is 238 g/mol. The zero-order valence-corrected chi connectivity index (χ0v) is 12.1. The molecule has 0 saturated carbocycles. The Hall–Kier alpha value is -1.35. The number of benzene rings is 1. The van der Waals surface area contributed by atoms with E-state index in [1.165, 1.54) is 22.3 Å². The Morgan fingerprint density at radius 1 is 1.26 bits per heavy atom. The largest absolute Gasteiger partial charge is 0.368 e. The van der Waals surface area contributed by atoms with Crippen LogP contribution in [0.3, 0.4) is 0 Å². The van der Waals surface area contributed by atoms with Crippen molar-refractivity contribution in [3.05, 3.63) is 34.4 Å². The summed E-state index contributed by atoms with van der Waals surface area (Å²) in [6.45, 7) is 7.79. The summed E-state index contributed by atoms with van der Waals surface area (Å²) in [4.78, 5) is 11.8. The van der Waals surface area contributed by atoms with Crippen molar-refractivity contribution < 1.29 is 9.53 Å². The summed E-state index contributed by atoms with van der Waals surface area (Å²) in [5.74, 6) is 0.0407. The third-order valence-electron chi connectivity index (χ3n) is 3.87. The Morgan fingerprint density at radius 3 is 2.68 bits per heavy atom. The minimum atomic E-state index is -0.221. The van der Waals surface area contributed by atoms with E-state index < -0.39 is 0 Å². The first-order valence-electron chi connectivity index (χ1n) is 7.04. The van der Waals surface area contributed by atoms with Gasteiger partial charge in [0.15, 0.2) is 0 Å². The van der Waals surface area contributed by atoms with E-state index in [2.05, 4.69) is 38.2 Å². The minimum Gasteiger partial charge on any atom is -0.368 e. The maximum Gasteiger partial charge on any atom is 0.249 e. The first-order chi connectivity index (χ1) is 9.08. The van der Waals surface area contributed by atoms with Gasteiger partial charge in [-0.3, -0.25) is 4.79 Å². The van der Waals surface area contributed by atoms with Gasteiger partial charge in [0.05, 0.1) is 0 Å². The van der Waals surface area contributed by atoms with Gasteiger partial charge in [-0.15, -0.1) is 0 Å². The molecule has 1 fully saturated rings. The molecule has 1 aliphatic heterocycles. The highest BCUT2D eigenvalue weighted by Gasteiger charge is 2.22. The summed E-state index contributed by atoms with van der Waals surface area (Å²) in [6.07, 6.45) is 2.51. The van der Waals surface area contributed by atoms with Crippen LogP contribution in [0.4, 0.5) is 0 Å². The monoisotopic (exact) mass is 261 g/mol. The molecular formula is C16H23NO2. The molecule has 1 amide bonds. The molecule has 1 aromatic rings. The Labute approximate surface area is 115 Å². The van der Waals surface area contributed by atoms with E-state index in [-0.39, 0.29) is 12.0 Å². The van der Waals surface area contributed by atoms with Crippen molar-refractivity contribution in [3.8, 4) is 0 Å². The summed E-state index contributed by atoms with van der Waals surface area (Å²) < 4.78 is 5.36. The molecule has 3 heteroatoms. The maximum absolute atomic E-state index is 11.8. The van der Waals surface area contributed by atoms with Gasteiger partial charge in [0, 0.05) is 13.2 Å². The third kappa shape index (κ3) is 3.57. The highest BCUT2D eigenvalue weighted by molar-refractivity contribution is 5.80. The van der Waals surface area contributed by atoms with E-state index in [0.717, 1.165) is 19.3 Å². The number of amides is 1. The molecule has 1 atom stereocenters. The SMILES string of the molecule is Cc1cc(C)c(CCNC(=O)C2CCCO2)cc1C. The van der Waals surface area contributed by atoms with E-state index in [0.29, 0.717) is 13.2 Å². The van der Waals surface area contributed by atoms with Crippen molar-refractivity contribution in [1.82, 2.24) is 5.32 Å². The molecule has 1 heterocycles. The molecule has 1 aliphatic rings. The van der Waals surface area contributed by atoms with Crippen molar-refractivity contribution in [2.24, 2.45) is 0 Å². The average Bonchev–Trinajstić information content (AvgIpc) is 2.89. The quantitative estimate of drug-likeness (QED) is 0.904. The predicted molar refractivity (Wildman–Crippen MR) is 76.3 cm³/mol. The van der Waals surface area contributed by atoms with Crippen molar-refractivity contribution in [3.63, 3.8) is 0 Å². The zero-order chi connectivity index (χ0) is 13.8. The average molecular weight is 261 g/mol. The maximum atomic E-state index is 11.8. The van der Waals surface area contributed by atoms with Crippen molar-refractivity contribution >= 4 is 5.91 Å². The summed E-state index contributed by atoms with van der Waals surface area (Å²) in [6, 6.07) is 4.44. The normalized spacial score (nSPS) is 18.6. The number of aryl methyl sites for hydroxylation is 3. The van der Waals surface area contributed by atoms with E-state index in [4.69, 9.17) is 4.74 Å². The smallest absolute Gasteiger partial charge is 0.249 e. The second kappa shape index (κ2) is 6.20. The van der Waals surface area contributed by atoms with E-state index in [9.17, 15) is 4.79 Å². The Kier molecular flexibility index (Phi) is 4.59. The number of rotatable bonds is 4. The van der Waals surface area contributed by atoms with Crippen LogP contribution in [-0.2, 0) is 16.0 Å². The first kappa shape index (κ1) is 14.1. The molecule has 1 N–H and O–H groups in total. The van der Waals surface area contributed by atoms with Gasteiger partial charge in [-0.25, -0.2) is 0 Å². The van der Waals surface area contributed by atoms with Crippen LogP contribution in [0.2, 0.25) is 0 Å². The lowest BCUT2D eigenvalue weighted by molar-refractivity contribution is -0.129. The molecule has 1 aromatic carbocycles. The number of carbonyl (C=O) groups is 1. The van der Waals surface area contributed by atoms with Crippen LogP contribution in [0.1, 0.15) is 35.1 Å². The standard InChI is InChI=1S/C16H23NO2/c1-11-9-13(3)14(10-12(11)2)6-7-17-16(18)15-5-4-8-19-15/h9-10,15H,4-8H2,1-3H3,(H,17,18). The van der Waals surface area contributed by atoms with E-state index in [1.807, 2.05) is 0 Å². The van der Waals surface area contributed by atoms with Gasteiger partial charge in [0.1, 0.15) is 6.10 Å². The van der Waals surface area contributed by atoms with Crippen LogP contribution in [0.25, 0.3) is 0 Å². The lowest BCUT2D eigenvalue weighted by Gasteiger charge is -2.12. The molecule has 104 valence electrons. The number of nitrogens with one attached hydrogen (secondary N) is 1. The number of hydrogen-bond acceptors (Lipinski definition) is 2. The molecule has 19 heavy (non-hydrogen) atoms. The van der Waals surface area contributed by atoms with E-state index >= 15 is 0 Å². The van der Waals surface area contributed by atoms with Gasteiger partial charge in [0.25, 0.3) is 0 Å². The van der Waals surface area contributed by atoms with Crippen molar-refractivity contribution in [2.75, 3.05) is 13.2 Å². The Balaban J connectivity index is 1.85. The molecule has 1 saturated heterocycles. The van der Waals surface area contributed by atoms with Crippen LogP contribution in [0.5, 0.6) is 0 Å². The fourth-order valence-corrected chi connectivity index (χ4v) is 2.51. The fourth-order valence-electron chi connectivity index (χ4n) is 2.51.